The molecule has 0 unspecified atom stereocenters. The predicted octanol–water partition coefficient (Wildman–Crippen LogP) is 16.2. The van der Waals surface area contributed by atoms with E-state index >= 15 is 0 Å². The number of fused-ring (bicyclic) bond motifs is 10. The Balaban J connectivity index is 0.975. The maximum absolute atomic E-state index is 2.41. The fraction of sp³-hybridized carbons (Fsp3) is 0. The van der Waals surface area contributed by atoms with E-state index in [1.807, 2.05) is 0 Å². The summed E-state index contributed by atoms with van der Waals surface area (Å²) in [6.45, 7) is 0. The molecule has 1 heterocycles. The van der Waals surface area contributed by atoms with Crippen molar-refractivity contribution < 1.29 is 0 Å². The van der Waals surface area contributed by atoms with Gasteiger partial charge in [0, 0.05) is 33.5 Å². The molecule has 0 fully saturated rings. The normalized spacial score (nSPS) is 11.7. The van der Waals surface area contributed by atoms with Gasteiger partial charge in [-0.25, -0.2) is 0 Å². The molecule has 2 nitrogen and oxygen atoms in total. The van der Waals surface area contributed by atoms with Crippen LogP contribution in [0.15, 0.2) is 231 Å². The Kier molecular flexibility index (Phi) is 7.89. The number of para-hydroxylation sites is 2. The number of rotatable bonds is 6. The van der Waals surface area contributed by atoms with E-state index in [4.69, 9.17) is 0 Å². The molecule has 0 amide bonds. The van der Waals surface area contributed by atoms with Crippen LogP contribution in [0.25, 0.3) is 92.8 Å². The van der Waals surface area contributed by atoms with Crippen LogP contribution in [0.5, 0.6) is 0 Å². The lowest BCUT2D eigenvalue weighted by atomic mass is 9.94. The monoisotopic (exact) mass is 762 g/mol. The SMILES string of the molecule is c1cc(-c2ccc3ccccc3c2)cc(N(c2ccc(-c3ccc(-n4c5ccccc5c5ccccc54)cc3)cc2)c2ccc3c4ccccc4c4ccccc4c3c2)c1. The third-order valence-electron chi connectivity index (χ3n) is 12.3. The first-order valence-electron chi connectivity index (χ1n) is 20.7. The first-order valence-corrected chi connectivity index (χ1v) is 20.7. The molecule has 0 bridgehead atoms. The fourth-order valence-corrected chi connectivity index (χ4v) is 9.48. The molecule has 280 valence electrons. The minimum atomic E-state index is 1.10. The van der Waals surface area contributed by atoms with Gasteiger partial charge in [-0.05, 0) is 132 Å². The van der Waals surface area contributed by atoms with Gasteiger partial charge in [-0.15, -0.1) is 0 Å². The summed E-state index contributed by atoms with van der Waals surface area (Å²) in [5, 5.41) is 12.6. The van der Waals surface area contributed by atoms with E-state index in [1.54, 1.807) is 0 Å². The first-order chi connectivity index (χ1) is 29.7. The van der Waals surface area contributed by atoms with E-state index in [0.29, 0.717) is 0 Å². The molecule has 0 aliphatic carbocycles. The average molecular weight is 763 g/mol. The quantitative estimate of drug-likeness (QED) is 0.153. The van der Waals surface area contributed by atoms with Gasteiger partial charge in [0.2, 0.25) is 0 Å². The molecule has 0 saturated carbocycles. The van der Waals surface area contributed by atoms with Crippen LogP contribution in [0.1, 0.15) is 0 Å². The molecule has 12 rings (SSSR count). The van der Waals surface area contributed by atoms with Gasteiger partial charge in [0.1, 0.15) is 0 Å². The molecule has 1 aromatic heterocycles. The summed E-state index contributed by atoms with van der Waals surface area (Å²) in [5.41, 5.74) is 11.6. The summed E-state index contributed by atoms with van der Waals surface area (Å²) in [6, 6.07) is 84.3. The van der Waals surface area contributed by atoms with Crippen LogP contribution in [0.3, 0.4) is 0 Å². The van der Waals surface area contributed by atoms with Gasteiger partial charge in [0.15, 0.2) is 0 Å². The predicted molar refractivity (Wildman–Crippen MR) is 256 cm³/mol. The van der Waals surface area contributed by atoms with Crippen LogP contribution in [0.4, 0.5) is 17.1 Å². The Bertz CT molecular complexity index is 3510. The lowest BCUT2D eigenvalue weighted by Crippen LogP contribution is -2.10. The van der Waals surface area contributed by atoms with E-state index in [2.05, 4.69) is 240 Å². The van der Waals surface area contributed by atoms with Gasteiger partial charge in [0.05, 0.1) is 11.0 Å². The molecule has 0 spiro atoms. The number of aromatic nitrogens is 1. The Labute approximate surface area is 348 Å². The number of anilines is 3. The first kappa shape index (κ1) is 34.1. The summed E-state index contributed by atoms with van der Waals surface area (Å²) in [7, 11) is 0. The highest BCUT2D eigenvalue weighted by Gasteiger charge is 2.17. The molecular weight excluding hydrogens is 725 g/mol. The maximum atomic E-state index is 2.41. The van der Waals surface area contributed by atoms with Crippen molar-refractivity contribution in [2.45, 2.75) is 0 Å². The second-order valence-corrected chi connectivity index (χ2v) is 15.7. The van der Waals surface area contributed by atoms with E-state index in [1.165, 1.54) is 87.1 Å². The van der Waals surface area contributed by atoms with Gasteiger partial charge < -0.3 is 9.47 Å². The summed E-state index contributed by atoms with van der Waals surface area (Å²) in [5.74, 6) is 0. The molecule has 2 heteroatoms. The third-order valence-corrected chi connectivity index (χ3v) is 12.3. The van der Waals surface area contributed by atoms with Crippen LogP contribution in [-0.2, 0) is 0 Å². The van der Waals surface area contributed by atoms with Crippen LogP contribution in [0.2, 0.25) is 0 Å². The highest BCUT2D eigenvalue weighted by Crippen LogP contribution is 2.42. The third kappa shape index (κ3) is 5.57. The number of nitrogens with zero attached hydrogens (tertiary/aromatic N) is 2. The Morgan fingerprint density at radius 3 is 1.37 bits per heavy atom. The number of hydrogen-bond acceptors (Lipinski definition) is 1. The zero-order chi connectivity index (χ0) is 39.6. The molecule has 12 aromatic rings. The molecular formula is C58H38N2. The Morgan fingerprint density at radius 2 is 0.717 bits per heavy atom. The minimum Gasteiger partial charge on any atom is -0.310 e. The smallest absolute Gasteiger partial charge is 0.0541 e. The molecule has 0 N–H and O–H groups in total. The summed E-state index contributed by atoms with van der Waals surface area (Å²) >= 11 is 0. The zero-order valence-corrected chi connectivity index (χ0v) is 32.8. The van der Waals surface area contributed by atoms with Crippen molar-refractivity contribution in [1.82, 2.24) is 4.57 Å². The summed E-state index contributed by atoms with van der Waals surface area (Å²) in [6.07, 6.45) is 0. The molecule has 60 heavy (non-hydrogen) atoms. The molecule has 0 saturated heterocycles. The zero-order valence-electron chi connectivity index (χ0n) is 32.8. The van der Waals surface area contributed by atoms with Gasteiger partial charge >= 0.3 is 0 Å². The van der Waals surface area contributed by atoms with Crippen molar-refractivity contribution in [3.8, 4) is 27.9 Å². The highest BCUT2D eigenvalue weighted by atomic mass is 15.1. The van der Waals surface area contributed by atoms with Crippen molar-refractivity contribution in [1.29, 1.82) is 0 Å². The molecule has 0 radical (unpaired) electrons. The Morgan fingerprint density at radius 1 is 0.250 bits per heavy atom. The topological polar surface area (TPSA) is 8.17 Å². The summed E-state index contributed by atoms with van der Waals surface area (Å²) < 4.78 is 2.37. The van der Waals surface area contributed by atoms with E-state index in [0.717, 1.165) is 22.7 Å². The van der Waals surface area contributed by atoms with Gasteiger partial charge in [-0.3, -0.25) is 0 Å². The lowest BCUT2D eigenvalue weighted by molar-refractivity contribution is 1.18. The summed E-state index contributed by atoms with van der Waals surface area (Å²) in [4.78, 5) is 2.41. The van der Waals surface area contributed by atoms with Crippen molar-refractivity contribution in [3.05, 3.63) is 231 Å². The highest BCUT2D eigenvalue weighted by molar-refractivity contribution is 6.25. The molecule has 0 aliphatic heterocycles. The van der Waals surface area contributed by atoms with Crippen molar-refractivity contribution >= 4 is 82.0 Å². The van der Waals surface area contributed by atoms with E-state index < -0.39 is 0 Å². The number of benzene rings is 11. The minimum absolute atomic E-state index is 1.10. The van der Waals surface area contributed by atoms with Crippen LogP contribution in [0, 0.1) is 0 Å². The number of hydrogen-bond donors (Lipinski definition) is 0. The van der Waals surface area contributed by atoms with Crippen molar-refractivity contribution in [3.63, 3.8) is 0 Å². The van der Waals surface area contributed by atoms with Gasteiger partial charge in [0.25, 0.3) is 0 Å². The average Bonchev–Trinajstić information content (AvgIpc) is 3.66. The fourth-order valence-electron chi connectivity index (χ4n) is 9.48. The van der Waals surface area contributed by atoms with Crippen LogP contribution >= 0.6 is 0 Å². The van der Waals surface area contributed by atoms with Crippen LogP contribution < -0.4 is 4.90 Å². The van der Waals surface area contributed by atoms with Crippen molar-refractivity contribution in [2.75, 3.05) is 4.90 Å². The van der Waals surface area contributed by atoms with Gasteiger partial charge in [-0.2, -0.15) is 0 Å². The second-order valence-electron chi connectivity index (χ2n) is 15.7. The Hall–Kier alpha value is -7.94. The molecule has 0 aliphatic rings. The van der Waals surface area contributed by atoms with Gasteiger partial charge in [-0.1, -0.05) is 164 Å². The molecule has 11 aromatic carbocycles. The lowest BCUT2D eigenvalue weighted by Gasteiger charge is -2.27. The molecule has 0 atom stereocenters. The second kappa shape index (κ2) is 13.9. The van der Waals surface area contributed by atoms with Crippen LogP contribution in [-0.4, -0.2) is 4.57 Å². The maximum Gasteiger partial charge on any atom is 0.0541 e. The largest absolute Gasteiger partial charge is 0.310 e. The van der Waals surface area contributed by atoms with E-state index in [-0.39, 0.29) is 0 Å². The standard InChI is InChI=1S/C58H38N2/c1-2-13-42-36-44(25-24-39(42)12-1)43-14-11-15-47(37-43)59(48-34-35-53-51-18-4-3-16-49(51)50-17-5-6-19-52(50)56(53)38-48)45-30-26-40(27-31-45)41-28-32-46(33-29-41)60-57-22-9-7-20-54(57)55-21-8-10-23-58(55)60/h1-38H. The van der Waals surface area contributed by atoms with Crippen molar-refractivity contribution in [2.24, 2.45) is 0 Å². The van der Waals surface area contributed by atoms with E-state index in [9.17, 15) is 0 Å².